The standard InChI is InChI=1S/C17H14FNO2/c1-20-16-8-5-13(11-17(16)21-2)15(9-10-19)12-3-6-14(18)7-4-12/h3-9,11H,1-2H3. The van der Waals surface area contributed by atoms with Gasteiger partial charge < -0.3 is 9.47 Å². The summed E-state index contributed by atoms with van der Waals surface area (Å²) in [4.78, 5) is 0. The molecule has 0 aliphatic carbocycles. The van der Waals surface area contributed by atoms with Gasteiger partial charge in [0.25, 0.3) is 0 Å². The van der Waals surface area contributed by atoms with E-state index in [1.807, 2.05) is 12.1 Å². The Kier molecular flexibility index (Phi) is 4.57. The van der Waals surface area contributed by atoms with Crippen molar-refractivity contribution in [2.45, 2.75) is 0 Å². The fraction of sp³-hybridized carbons (Fsp3) is 0.118. The minimum atomic E-state index is -0.317. The second kappa shape index (κ2) is 6.58. The molecular formula is C17H14FNO2. The molecule has 0 spiro atoms. The van der Waals surface area contributed by atoms with Crippen LogP contribution in [-0.2, 0) is 0 Å². The van der Waals surface area contributed by atoms with E-state index in [2.05, 4.69) is 0 Å². The number of nitrogens with zero attached hydrogens (tertiary/aromatic N) is 1. The van der Waals surface area contributed by atoms with Crippen LogP contribution in [0.3, 0.4) is 0 Å². The Balaban J connectivity index is 2.52. The highest BCUT2D eigenvalue weighted by Crippen LogP contribution is 2.32. The molecule has 21 heavy (non-hydrogen) atoms. The van der Waals surface area contributed by atoms with Crippen molar-refractivity contribution in [2.24, 2.45) is 0 Å². The minimum Gasteiger partial charge on any atom is -0.493 e. The van der Waals surface area contributed by atoms with E-state index in [1.165, 1.54) is 18.2 Å². The first-order valence-electron chi connectivity index (χ1n) is 6.27. The number of methoxy groups -OCH3 is 2. The van der Waals surface area contributed by atoms with Crippen molar-refractivity contribution < 1.29 is 13.9 Å². The maximum atomic E-state index is 13.0. The highest BCUT2D eigenvalue weighted by Gasteiger charge is 2.10. The molecule has 2 aromatic carbocycles. The molecule has 0 fully saturated rings. The summed E-state index contributed by atoms with van der Waals surface area (Å²) < 4.78 is 23.5. The summed E-state index contributed by atoms with van der Waals surface area (Å²) in [5.74, 6) is 0.861. The first-order chi connectivity index (χ1) is 10.2. The van der Waals surface area contributed by atoms with Crippen LogP contribution >= 0.6 is 0 Å². The van der Waals surface area contributed by atoms with Gasteiger partial charge in [-0.3, -0.25) is 0 Å². The van der Waals surface area contributed by atoms with Crippen LogP contribution in [0.25, 0.3) is 5.57 Å². The Labute approximate surface area is 122 Å². The van der Waals surface area contributed by atoms with Gasteiger partial charge in [-0.05, 0) is 41.0 Å². The normalized spacial score (nSPS) is 10.9. The highest BCUT2D eigenvalue weighted by atomic mass is 19.1. The van der Waals surface area contributed by atoms with E-state index in [4.69, 9.17) is 14.7 Å². The Bertz CT molecular complexity index is 700. The van der Waals surface area contributed by atoms with Gasteiger partial charge in [0.1, 0.15) is 5.82 Å². The van der Waals surface area contributed by atoms with Gasteiger partial charge in [0, 0.05) is 6.08 Å². The van der Waals surface area contributed by atoms with Crippen molar-refractivity contribution in [1.82, 2.24) is 0 Å². The van der Waals surface area contributed by atoms with Crippen LogP contribution < -0.4 is 9.47 Å². The van der Waals surface area contributed by atoms with Gasteiger partial charge in [0.2, 0.25) is 0 Å². The lowest BCUT2D eigenvalue weighted by atomic mass is 9.97. The van der Waals surface area contributed by atoms with Crippen LogP contribution in [-0.4, -0.2) is 14.2 Å². The van der Waals surface area contributed by atoms with E-state index >= 15 is 0 Å². The lowest BCUT2D eigenvalue weighted by Crippen LogP contribution is -1.94. The summed E-state index contributed by atoms with van der Waals surface area (Å²) in [6.07, 6.45) is 1.43. The first kappa shape index (κ1) is 14.6. The summed E-state index contributed by atoms with van der Waals surface area (Å²) in [6, 6.07) is 13.4. The zero-order chi connectivity index (χ0) is 15.2. The van der Waals surface area contributed by atoms with E-state index in [1.54, 1.807) is 38.5 Å². The molecule has 0 aliphatic rings. The van der Waals surface area contributed by atoms with Crippen LogP contribution in [0.2, 0.25) is 0 Å². The number of benzene rings is 2. The molecule has 0 unspecified atom stereocenters. The van der Waals surface area contributed by atoms with E-state index in [0.29, 0.717) is 17.1 Å². The minimum absolute atomic E-state index is 0.317. The molecule has 0 atom stereocenters. The Morgan fingerprint density at radius 2 is 1.62 bits per heavy atom. The van der Waals surface area contributed by atoms with Gasteiger partial charge in [-0.25, -0.2) is 4.39 Å². The average Bonchev–Trinajstić information content (AvgIpc) is 2.53. The number of allylic oxidation sites excluding steroid dienone is 1. The van der Waals surface area contributed by atoms with Gasteiger partial charge >= 0.3 is 0 Å². The number of hydrogen-bond donors (Lipinski definition) is 0. The monoisotopic (exact) mass is 283 g/mol. The molecule has 0 saturated heterocycles. The van der Waals surface area contributed by atoms with Crippen LogP contribution in [0.15, 0.2) is 48.5 Å². The lowest BCUT2D eigenvalue weighted by Gasteiger charge is -2.12. The molecule has 0 N–H and O–H groups in total. The summed E-state index contributed by atoms with van der Waals surface area (Å²) >= 11 is 0. The fourth-order valence-corrected chi connectivity index (χ4v) is 2.03. The van der Waals surface area contributed by atoms with Crippen molar-refractivity contribution in [3.63, 3.8) is 0 Å². The molecule has 0 heterocycles. The first-order valence-corrected chi connectivity index (χ1v) is 6.27. The van der Waals surface area contributed by atoms with Gasteiger partial charge in [-0.1, -0.05) is 18.2 Å². The van der Waals surface area contributed by atoms with Crippen molar-refractivity contribution >= 4 is 5.57 Å². The molecule has 106 valence electrons. The van der Waals surface area contributed by atoms with Gasteiger partial charge in [-0.2, -0.15) is 5.26 Å². The highest BCUT2D eigenvalue weighted by molar-refractivity contribution is 5.82. The molecule has 3 nitrogen and oxygen atoms in total. The molecule has 2 aromatic rings. The third-order valence-corrected chi connectivity index (χ3v) is 3.06. The third kappa shape index (κ3) is 3.21. The number of rotatable bonds is 4. The largest absolute Gasteiger partial charge is 0.493 e. The van der Waals surface area contributed by atoms with Crippen molar-refractivity contribution in [2.75, 3.05) is 14.2 Å². The summed E-state index contributed by atoms with van der Waals surface area (Å²) in [5.41, 5.74) is 2.24. The van der Waals surface area contributed by atoms with E-state index < -0.39 is 0 Å². The second-order valence-corrected chi connectivity index (χ2v) is 4.26. The molecule has 2 rings (SSSR count). The molecule has 0 amide bonds. The molecule has 0 aromatic heterocycles. The molecular weight excluding hydrogens is 269 g/mol. The molecule has 0 bridgehead atoms. The number of ether oxygens (including phenoxy) is 2. The van der Waals surface area contributed by atoms with Crippen molar-refractivity contribution in [3.8, 4) is 17.6 Å². The van der Waals surface area contributed by atoms with Crippen LogP contribution in [0.4, 0.5) is 4.39 Å². The van der Waals surface area contributed by atoms with Gasteiger partial charge in [-0.15, -0.1) is 0 Å². The SMILES string of the molecule is COc1ccc(C(=CC#N)c2ccc(F)cc2)cc1OC. The molecule has 0 saturated carbocycles. The molecule has 0 aliphatic heterocycles. The van der Waals surface area contributed by atoms with Crippen LogP contribution in [0, 0.1) is 17.1 Å². The summed E-state index contributed by atoms with van der Waals surface area (Å²) in [5, 5.41) is 8.98. The number of hydrogen-bond acceptors (Lipinski definition) is 3. The van der Waals surface area contributed by atoms with Crippen LogP contribution in [0.5, 0.6) is 11.5 Å². The maximum Gasteiger partial charge on any atom is 0.161 e. The van der Waals surface area contributed by atoms with Crippen molar-refractivity contribution in [3.05, 3.63) is 65.5 Å². The maximum absolute atomic E-state index is 13.0. The number of nitriles is 1. The Morgan fingerprint density at radius 1 is 1.00 bits per heavy atom. The quantitative estimate of drug-likeness (QED) is 0.801. The van der Waals surface area contributed by atoms with E-state index in [9.17, 15) is 4.39 Å². The zero-order valence-corrected chi connectivity index (χ0v) is 11.8. The predicted molar refractivity (Wildman–Crippen MR) is 78.6 cm³/mol. The Morgan fingerprint density at radius 3 is 2.19 bits per heavy atom. The predicted octanol–water partition coefficient (Wildman–Crippen LogP) is 3.80. The molecule has 0 radical (unpaired) electrons. The second-order valence-electron chi connectivity index (χ2n) is 4.26. The topological polar surface area (TPSA) is 42.2 Å². The molecule has 4 heteroatoms. The van der Waals surface area contributed by atoms with Gasteiger partial charge in [0.15, 0.2) is 11.5 Å². The third-order valence-electron chi connectivity index (χ3n) is 3.06. The summed E-state index contributed by atoms with van der Waals surface area (Å²) in [6.45, 7) is 0. The lowest BCUT2D eigenvalue weighted by molar-refractivity contribution is 0.355. The fourth-order valence-electron chi connectivity index (χ4n) is 2.03. The Hall–Kier alpha value is -2.80. The van der Waals surface area contributed by atoms with Gasteiger partial charge in [0.05, 0.1) is 20.3 Å². The average molecular weight is 283 g/mol. The van der Waals surface area contributed by atoms with E-state index in [0.717, 1.165) is 11.1 Å². The smallest absolute Gasteiger partial charge is 0.161 e. The zero-order valence-electron chi connectivity index (χ0n) is 11.8. The number of halogens is 1. The summed E-state index contributed by atoms with van der Waals surface area (Å²) in [7, 11) is 3.11. The van der Waals surface area contributed by atoms with Crippen LogP contribution in [0.1, 0.15) is 11.1 Å². The van der Waals surface area contributed by atoms with E-state index in [-0.39, 0.29) is 5.82 Å². The van der Waals surface area contributed by atoms with Crippen molar-refractivity contribution in [1.29, 1.82) is 5.26 Å².